The number of hydrogen-bond donors (Lipinski definition) is 1. The lowest BCUT2D eigenvalue weighted by Gasteiger charge is -2.03. The highest BCUT2D eigenvalue weighted by Crippen LogP contribution is 2.26. The van der Waals surface area contributed by atoms with Gasteiger partial charge in [-0.1, -0.05) is 12.1 Å². The van der Waals surface area contributed by atoms with Crippen LogP contribution < -0.4 is 0 Å². The van der Waals surface area contributed by atoms with E-state index in [1.54, 1.807) is 29.0 Å². The van der Waals surface area contributed by atoms with Crippen LogP contribution in [0.25, 0.3) is 10.9 Å². The summed E-state index contributed by atoms with van der Waals surface area (Å²) in [6.07, 6.45) is 1.61. The molecule has 0 aliphatic rings. The molecule has 1 aromatic carbocycles. The van der Waals surface area contributed by atoms with Crippen LogP contribution in [-0.2, 0) is 11.3 Å². The van der Waals surface area contributed by atoms with Crippen molar-refractivity contribution in [1.82, 2.24) is 4.57 Å². The number of nitro groups is 1. The van der Waals surface area contributed by atoms with E-state index in [-0.39, 0.29) is 18.7 Å². The second kappa shape index (κ2) is 4.25. The number of aryl methyl sites for hydroxylation is 1. The molecule has 0 saturated carbocycles. The minimum absolute atomic E-state index is 0.00195. The highest BCUT2D eigenvalue weighted by molar-refractivity contribution is 5.88. The van der Waals surface area contributed by atoms with Crippen molar-refractivity contribution in [3.63, 3.8) is 0 Å². The van der Waals surface area contributed by atoms with Gasteiger partial charge >= 0.3 is 5.97 Å². The molecule has 2 rings (SSSR count). The fourth-order valence-corrected chi connectivity index (χ4v) is 1.79. The standard InChI is InChI=1S/C11H10N2O4/c14-10(15)5-7-12-6-4-8-2-1-3-9(11(8)12)13(16)17/h1-4,6H,5,7H2,(H,14,15). The van der Waals surface area contributed by atoms with E-state index in [2.05, 4.69) is 0 Å². The first-order valence-corrected chi connectivity index (χ1v) is 5.03. The van der Waals surface area contributed by atoms with Gasteiger partial charge in [-0.3, -0.25) is 14.9 Å². The van der Waals surface area contributed by atoms with Gasteiger partial charge in [0.15, 0.2) is 0 Å². The van der Waals surface area contributed by atoms with Crippen LogP contribution >= 0.6 is 0 Å². The average Bonchev–Trinajstić information content (AvgIpc) is 2.69. The second-order valence-electron chi connectivity index (χ2n) is 3.62. The van der Waals surface area contributed by atoms with Crippen molar-refractivity contribution >= 4 is 22.6 Å². The van der Waals surface area contributed by atoms with Gasteiger partial charge in [-0.25, -0.2) is 0 Å². The number of nitro benzene ring substituents is 1. The SMILES string of the molecule is O=C(O)CCn1ccc2cccc([N+](=O)[O-])c21. The Kier molecular flexibility index (Phi) is 2.78. The molecule has 0 unspecified atom stereocenters. The van der Waals surface area contributed by atoms with Crippen molar-refractivity contribution in [3.05, 3.63) is 40.6 Å². The molecule has 0 atom stereocenters. The summed E-state index contributed by atoms with van der Waals surface area (Å²) in [7, 11) is 0. The van der Waals surface area contributed by atoms with Crippen molar-refractivity contribution in [2.45, 2.75) is 13.0 Å². The summed E-state index contributed by atoms with van der Waals surface area (Å²) in [5, 5.41) is 20.2. The number of fused-ring (bicyclic) bond motifs is 1. The Bertz CT molecular complexity index is 588. The Hall–Kier alpha value is -2.37. The molecule has 1 N–H and O–H groups in total. The van der Waals surface area contributed by atoms with E-state index in [0.717, 1.165) is 5.39 Å². The summed E-state index contributed by atoms with van der Waals surface area (Å²) < 4.78 is 1.60. The molecule has 0 saturated heterocycles. The third-order valence-electron chi connectivity index (χ3n) is 2.53. The van der Waals surface area contributed by atoms with Gasteiger partial charge in [-0.05, 0) is 6.07 Å². The predicted molar refractivity (Wildman–Crippen MR) is 60.8 cm³/mol. The lowest BCUT2D eigenvalue weighted by molar-refractivity contribution is -0.383. The van der Waals surface area contributed by atoms with Crippen LogP contribution in [0.2, 0.25) is 0 Å². The lowest BCUT2D eigenvalue weighted by Crippen LogP contribution is -2.04. The monoisotopic (exact) mass is 234 g/mol. The number of non-ortho nitro benzene ring substituents is 1. The van der Waals surface area contributed by atoms with Gasteiger partial charge in [-0.15, -0.1) is 0 Å². The van der Waals surface area contributed by atoms with Crippen LogP contribution in [0.5, 0.6) is 0 Å². The maximum Gasteiger partial charge on any atom is 0.305 e. The number of benzene rings is 1. The highest BCUT2D eigenvalue weighted by atomic mass is 16.6. The van der Waals surface area contributed by atoms with Crippen molar-refractivity contribution in [2.75, 3.05) is 0 Å². The van der Waals surface area contributed by atoms with E-state index < -0.39 is 10.9 Å². The Morgan fingerprint density at radius 1 is 1.41 bits per heavy atom. The predicted octanol–water partition coefficient (Wildman–Crippen LogP) is 2.02. The minimum atomic E-state index is -0.926. The normalized spacial score (nSPS) is 10.6. The summed E-state index contributed by atoms with van der Waals surface area (Å²) in [5.74, 6) is -0.926. The summed E-state index contributed by atoms with van der Waals surface area (Å²) in [6, 6.07) is 6.53. The number of hydrogen-bond acceptors (Lipinski definition) is 3. The molecule has 0 aliphatic heterocycles. The topological polar surface area (TPSA) is 85.4 Å². The fraction of sp³-hybridized carbons (Fsp3) is 0.182. The molecule has 1 heterocycles. The second-order valence-corrected chi connectivity index (χ2v) is 3.62. The van der Waals surface area contributed by atoms with Crippen LogP contribution in [0.3, 0.4) is 0 Å². The molecule has 17 heavy (non-hydrogen) atoms. The highest BCUT2D eigenvalue weighted by Gasteiger charge is 2.15. The van der Waals surface area contributed by atoms with Crippen LogP contribution in [0.15, 0.2) is 30.5 Å². The molecule has 88 valence electrons. The van der Waals surface area contributed by atoms with E-state index >= 15 is 0 Å². The number of aromatic nitrogens is 1. The zero-order valence-corrected chi connectivity index (χ0v) is 8.87. The van der Waals surface area contributed by atoms with Crippen molar-refractivity contribution in [1.29, 1.82) is 0 Å². The maximum atomic E-state index is 10.9. The number of para-hydroxylation sites is 1. The first-order valence-electron chi connectivity index (χ1n) is 5.03. The van der Waals surface area contributed by atoms with Gasteiger partial charge in [0.25, 0.3) is 5.69 Å². The van der Waals surface area contributed by atoms with Crippen molar-refractivity contribution < 1.29 is 14.8 Å². The summed E-state index contributed by atoms with van der Waals surface area (Å²) in [6.45, 7) is 0.226. The van der Waals surface area contributed by atoms with E-state index in [4.69, 9.17) is 5.11 Å². The quantitative estimate of drug-likeness (QED) is 0.647. The Morgan fingerprint density at radius 2 is 2.18 bits per heavy atom. The number of carboxylic acids is 1. The Labute approximate surface area is 96.2 Å². The molecule has 2 aromatic rings. The average molecular weight is 234 g/mol. The number of carbonyl (C=O) groups is 1. The number of carboxylic acid groups (broad SMARTS) is 1. The fourth-order valence-electron chi connectivity index (χ4n) is 1.79. The van der Waals surface area contributed by atoms with Crippen LogP contribution in [-0.4, -0.2) is 20.6 Å². The van der Waals surface area contributed by atoms with Gasteiger partial charge in [0.2, 0.25) is 0 Å². The summed E-state index contributed by atoms with van der Waals surface area (Å²) >= 11 is 0. The molecule has 0 amide bonds. The van der Waals surface area contributed by atoms with Crippen molar-refractivity contribution in [2.24, 2.45) is 0 Å². The number of aliphatic carboxylic acids is 1. The number of nitrogens with zero attached hydrogens (tertiary/aromatic N) is 2. The van der Waals surface area contributed by atoms with Crippen LogP contribution in [0, 0.1) is 10.1 Å². The third-order valence-corrected chi connectivity index (χ3v) is 2.53. The summed E-state index contributed by atoms with van der Waals surface area (Å²) in [5.41, 5.74) is 0.469. The molecule has 0 fully saturated rings. The molecule has 6 nitrogen and oxygen atoms in total. The third kappa shape index (κ3) is 2.10. The van der Waals surface area contributed by atoms with Crippen LogP contribution in [0.4, 0.5) is 5.69 Å². The Balaban J connectivity index is 2.49. The minimum Gasteiger partial charge on any atom is -0.481 e. The molecule has 1 aromatic heterocycles. The van der Waals surface area contributed by atoms with Crippen molar-refractivity contribution in [3.8, 4) is 0 Å². The van der Waals surface area contributed by atoms with Gasteiger partial charge in [-0.2, -0.15) is 0 Å². The van der Waals surface area contributed by atoms with Gasteiger partial charge in [0.1, 0.15) is 5.52 Å². The molecule has 0 aliphatic carbocycles. The first-order chi connectivity index (χ1) is 8.09. The molecule has 0 bridgehead atoms. The maximum absolute atomic E-state index is 10.9. The molecule has 6 heteroatoms. The van der Waals surface area contributed by atoms with E-state index in [1.165, 1.54) is 6.07 Å². The zero-order valence-electron chi connectivity index (χ0n) is 8.87. The molecule has 0 spiro atoms. The zero-order chi connectivity index (χ0) is 12.4. The van der Waals surface area contributed by atoms with Gasteiger partial charge in [0, 0.05) is 24.2 Å². The van der Waals surface area contributed by atoms with E-state index in [9.17, 15) is 14.9 Å². The lowest BCUT2D eigenvalue weighted by atomic mass is 10.2. The van der Waals surface area contributed by atoms with Gasteiger partial charge < -0.3 is 9.67 Å². The molecule has 0 radical (unpaired) electrons. The largest absolute Gasteiger partial charge is 0.481 e. The van der Waals surface area contributed by atoms with Crippen LogP contribution in [0.1, 0.15) is 6.42 Å². The number of rotatable bonds is 4. The summed E-state index contributed by atoms with van der Waals surface area (Å²) in [4.78, 5) is 20.9. The smallest absolute Gasteiger partial charge is 0.305 e. The first kappa shape index (κ1) is 11.1. The Morgan fingerprint density at radius 3 is 2.82 bits per heavy atom. The van der Waals surface area contributed by atoms with E-state index in [1.807, 2.05) is 0 Å². The molecular weight excluding hydrogens is 224 g/mol. The van der Waals surface area contributed by atoms with Gasteiger partial charge in [0.05, 0.1) is 11.3 Å². The van der Waals surface area contributed by atoms with E-state index in [0.29, 0.717) is 5.52 Å². The molecular formula is C11H10N2O4.